The van der Waals surface area contributed by atoms with Gasteiger partial charge in [-0.05, 0) is 130 Å². The molecule has 0 aromatic rings. The van der Waals surface area contributed by atoms with Crippen LogP contribution in [0.3, 0.4) is 0 Å². The highest BCUT2D eigenvalue weighted by Gasteiger charge is 2.39. The number of nitrogens with one attached hydrogen (secondary N) is 6. The molecule has 0 amide bonds. The lowest BCUT2D eigenvalue weighted by Gasteiger charge is -2.47. The van der Waals surface area contributed by atoms with Gasteiger partial charge in [-0.15, -0.1) is 0 Å². The largest absolute Gasteiger partial charge is 0.286 e. The van der Waals surface area contributed by atoms with E-state index in [2.05, 4.69) is 92.7 Å². The second kappa shape index (κ2) is 15.9. The van der Waals surface area contributed by atoms with E-state index in [1.807, 2.05) is 0 Å². The maximum absolute atomic E-state index is 4.14. The quantitative estimate of drug-likeness (QED) is 0.161. The molecular weight excluding hydrogens is 589 g/mol. The molecule has 3 fully saturated rings. The first-order valence-corrected chi connectivity index (χ1v) is 20.1. The highest BCUT2D eigenvalue weighted by Crippen LogP contribution is 2.36. The number of rotatable bonds is 7. The summed E-state index contributed by atoms with van der Waals surface area (Å²) < 4.78 is 0. The second-order valence-corrected chi connectivity index (χ2v) is 16.1. The summed E-state index contributed by atoms with van der Waals surface area (Å²) in [4.78, 5) is 0. The molecule has 9 unspecified atom stereocenters. The van der Waals surface area contributed by atoms with E-state index in [0.29, 0.717) is 42.4 Å². The van der Waals surface area contributed by atoms with Crippen LogP contribution in [-0.4, -0.2) is 37.0 Å². The Morgan fingerprint density at radius 2 is 1.31 bits per heavy atom. The lowest BCUT2D eigenvalue weighted by atomic mass is 9.80. The van der Waals surface area contributed by atoms with Crippen molar-refractivity contribution in [1.29, 1.82) is 0 Å². The van der Waals surface area contributed by atoms with Crippen LogP contribution >= 0.6 is 0 Å². The third-order valence-corrected chi connectivity index (χ3v) is 12.8. The fourth-order valence-corrected chi connectivity index (χ4v) is 10.0. The van der Waals surface area contributed by atoms with Crippen LogP contribution < -0.4 is 31.9 Å². The van der Waals surface area contributed by atoms with E-state index in [0.717, 1.165) is 31.6 Å². The Morgan fingerprint density at radius 3 is 2.12 bits per heavy atom. The molecule has 0 aromatic carbocycles. The van der Waals surface area contributed by atoms with Crippen LogP contribution in [0.25, 0.3) is 0 Å². The normalized spacial score (nSPS) is 39.7. The van der Waals surface area contributed by atoms with E-state index < -0.39 is 0 Å². The lowest BCUT2D eigenvalue weighted by Crippen LogP contribution is -2.71. The van der Waals surface area contributed by atoms with E-state index in [1.165, 1.54) is 101 Å². The van der Waals surface area contributed by atoms with Crippen molar-refractivity contribution in [1.82, 2.24) is 31.9 Å². The maximum Gasteiger partial charge on any atom is 0.0856 e. The monoisotopic (exact) mass is 651 g/mol. The Bertz CT molecular complexity index is 1330. The van der Waals surface area contributed by atoms with Gasteiger partial charge in [0.1, 0.15) is 0 Å². The van der Waals surface area contributed by atoms with E-state index in [9.17, 15) is 0 Å². The molecule has 6 nitrogen and oxygen atoms in total. The summed E-state index contributed by atoms with van der Waals surface area (Å²) in [6.07, 6.45) is 49.2. The van der Waals surface area contributed by atoms with E-state index in [-0.39, 0.29) is 12.3 Å². The molecule has 8 rings (SSSR count). The minimum atomic E-state index is 0.200. The zero-order valence-corrected chi connectivity index (χ0v) is 29.3. The van der Waals surface area contributed by atoms with Crippen LogP contribution in [-0.2, 0) is 0 Å². The Kier molecular flexibility index (Phi) is 10.9. The molecule has 0 aromatic heterocycles. The number of hydrogen-bond acceptors (Lipinski definition) is 6. The van der Waals surface area contributed by atoms with Crippen molar-refractivity contribution in [2.45, 2.75) is 153 Å². The van der Waals surface area contributed by atoms with E-state index in [1.54, 1.807) is 11.1 Å². The molecule has 8 aliphatic rings. The van der Waals surface area contributed by atoms with Gasteiger partial charge in [0.25, 0.3) is 0 Å². The van der Waals surface area contributed by atoms with Gasteiger partial charge in [0, 0.05) is 11.8 Å². The van der Waals surface area contributed by atoms with Crippen molar-refractivity contribution in [3.63, 3.8) is 0 Å². The predicted molar refractivity (Wildman–Crippen MR) is 198 cm³/mol. The topological polar surface area (TPSA) is 72.2 Å². The molecule has 260 valence electrons. The second-order valence-electron chi connectivity index (χ2n) is 16.1. The fraction of sp³-hybridized carbons (Fsp3) is 0.667. The van der Waals surface area contributed by atoms with Gasteiger partial charge in [0.2, 0.25) is 0 Å². The first-order chi connectivity index (χ1) is 23.8. The Labute approximate surface area is 290 Å². The summed E-state index contributed by atoms with van der Waals surface area (Å²) in [7, 11) is 0. The van der Waals surface area contributed by atoms with Gasteiger partial charge in [-0.1, -0.05) is 80.0 Å². The van der Waals surface area contributed by atoms with Crippen molar-refractivity contribution in [2.75, 3.05) is 0 Å². The molecule has 1 saturated carbocycles. The first kappa shape index (κ1) is 33.1. The molecule has 0 bridgehead atoms. The fourth-order valence-electron chi connectivity index (χ4n) is 10.0. The third kappa shape index (κ3) is 7.80. The molecule has 0 radical (unpaired) electrons. The standard InChI is InChI=1S/C42H62N6/c1-5-15-29(16-6-1)37-43-38(30-17-7-2-8-18-30)46-41(45-37)35-25-13-23-33(27-35)34-24-14-26-36(28-34)42-47-39(31-19-9-3-10-20-31)44-40(48-42)32-21-11-4-12-22-32/h1,5,7,13,17-19,23,27-29,32,35-48H,2-4,6,8-12,14-16,20-22,24-26H2. The van der Waals surface area contributed by atoms with Crippen LogP contribution in [0.1, 0.15) is 116 Å². The minimum absolute atomic E-state index is 0.200. The molecule has 6 aliphatic carbocycles. The van der Waals surface area contributed by atoms with Crippen molar-refractivity contribution >= 4 is 0 Å². The molecular formula is C42H62N6. The molecule has 48 heavy (non-hydrogen) atoms. The van der Waals surface area contributed by atoms with E-state index >= 15 is 0 Å². The molecule has 2 aliphatic heterocycles. The summed E-state index contributed by atoms with van der Waals surface area (Å²) in [6, 6.07) is 0. The van der Waals surface area contributed by atoms with Crippen LogP contribution in [0.5, 0.6) is 0 Å². The zero-order valence-electron chi connectivity index (χ0n) is 29.3. The van der Waals surface area contributed by atoms with Gasteiger partial charge in [-0.25, -0.2) is 0 Å². The summed E-state index contributed by atoms with van der Waals surface area (Å²) in [5.41, 5.74) is 6.05. The third-order valence-electron chi connectivity index (χ3n) is 12.8. The lowest BCUT2D eigenvalue weighted by molar-refractivity contribution is 0.119. The summed E-state index contributed by atoms with van der Waals surface area (Å²) >= 11 is 0. The number of hydrogen-bond donors (Lipinski definition) is 6. The van der Waals surface area contributed by atoms with Crippen LogP contribution in [0.4, 0.5) is 0 Å². The van der Waals surface area contributed by atoms with E-state index in [4.69, 9.17) is 0 Å². The van der Waals surface area contributed by atoms with Gasteiger partial charge in [0.05, 0.1) is 37.0 Å². The zero-order chi connectivity index (χ0) is 32.1. The van der Waals surface area contributed by atoms with Crippen LogP contribution in [0, 0.1) is 23.7 Å². The average molecular weight is 651 g/mol. The molecule has 0 spiro atoms. The van der Waals surface area contributed by atoms with Gasteiger partial charge < -0.3 is 0 Å². The van der Waals surface area contributed by atoms with Crippen molar-refractivity contribution in [3.05, 3.63) is 83.1 Å². The van der Waals surface area contributed by atoms with Crippen LogP contribution in [0.2, 0.25) is 0 Å². The Morgan fingerprint density at radius 1 is 0.479 bits per heavy atom. The highest BCUT2D eigenvalue weighted by atomic mass is 15.4. The van der Waals surface area contributed by atoms with Gasteiger partial charge in [-0.2, -0.15) is 0 Å². The molecule has 6 N–H and O–H groups in total. The Hall–Kier alpha value is -2.06. The molecule has 2 saturated heterocycles. The summed E-state index contributed by atoms with van der Waals surface area (Å²) in [5, 5.41) is 24.4. The summed E-state index contributed by atoms with van der Waals surface area (Å²) in [6.45, 7) is 0. The van der Waals surface area contributed by atoms with Crippen molar-refractivity contribution < 1.29 is 0 Å². The molecule has 6 heteroatoms. The van der Waals surface area contributed by atoms with Gasteiger partial charge in [0.15, 0.2) is 0 Å². The molecule has 9 atom stereocenters. The smallest absolute Gasteiger partial charge is 0.0856 e. The average Bonchev–Trinajstić information content (AvgIpc) is 3.19. The maximum atomic E-state index is 4.14. The predicted octanol–water partition coefficient (Wildman–Crippen LogP) is 7.45. The summed E-state index contributed by atoms with van der Waals surface area (Å²) in [5.74, 6) is 2.32. The highest BCUT2D eigenvalue weighted by molar-refractivity contribution is 5.44. The van der Waals surface area contributed by atoms with Crippen molar-refractivity contribution in [2.24, 2.45) is 23.7 Å². The Balaban J connectivity index is 1.00. The minimum Gasteiger partial charge on any atom is -0.286 e. The van der Waals surface area contributed by atoms with Gasteiger partial charge in [-0.3, -0.25) is 31.9 Å². The molecule has 2 heterocycles. The first-order valence-electron chi connectivity index (χ1n) is 20.1. The van der Waals surface area contributed by atoms with Crippen LogP contribution in [0.15, 0.2) is 83.1 Å². The van der Waals surface area contributed by atoms with Crippen molar-refractivity contribution in [3.8, 4) is 0 Å². The van der Waals surface area contributed by atoms with Gasteiger partial charge >= 0.3 is 0 Å². The SMILES string of the molecule is C1=CC(C2NC(C3C=C(C4=CC(C5NC(C6=CCCCC6)NC(C6CCCCC6)N5)CCC4)C=CC3)NC(C3CC=CCC3)N2)=CCC1. The number of allylic oxidation sites excluding steroid dienone is 9.